The Morgan fingerprint density at radius 1 is 1.47 bits per heavy atom. The van der Waals surface area contributed by atoms with Crippen molar-refractivity contribution in [2.75, 3.05) is 20.3 Å². The minimum absolute atomic E-state index is 0.729. The zero-order valence-corrected chi connectivity index (χ0v) is 12.3. The van der Waals surface area contributed by atoms with Gasteiger partial charge in [-0.25, -0.2) is 4.98 Å². The molecule has 4 nitrogen and oxygen atoms in total. The minimum atomic E-state index is 0.729. The Labute approximate surface area is 117 Å². The number of nitrogens with one attached hydrogen (secondary N) is 1. The van der Waals surface area contributed by atoms with E-state index in [4.69, 9.17) is 14.1 Å². The van der Waals surface area contributed by atoms with Crippen LogP contribution in [-0.2, 0) is 17.7 Å². The fourth-order valence-electron chi connectivity index (χ4n) is 1.84. The first-order chi connectivity index (χ1) is 9.35. The van der Waals surface area contributed by atoms with Crippen LogP contribution in [0.5, 0.6) is 0 Å². The van der Waals surface area contributed by atoms with Gasteiger partial charge in [0.15, 0.2) is 10.8 Å². The van der Waals surface area contributed by atoms with Crippen molar-refractivity contribution in [2.45, 2.75) is 26.3 Å². The zero-order chi connectivity index (χ0) is 13.5. The predicted octanol–water partition coefficient (Wildman–Crippen LogP) is 3.09. The lowest BCUT2D eigenvalue weighted by Crippen LogP contribution is -2.18. The average molecular weight is 280 g/mol. The van der Waals surface area contributed by atoms with Crippen LogP contribution in [0.15, 0.2) is 22.8 Å². The molecule has 0 aliphatic carbocycles. The fraction of sp³-hybridized carbons (Fsp3) is 0.500. The van der Waals surface area contributed by atoms with E-state index in [1.165, 1.54) is 10.6 Å². The number of furan rings is 1. The van der Waals surface area contributed by atoms with E-state index < -0.39 is 0 Å². The van der Waals surface area contributed by atoms with Gasteiger partial charge in [-0.2, -0.15) is 0 Å². The summed E-state index contributed by atoms with van der Waals surface area (Å²) in [5.41, 5.74) is 1.18. The Morgan fingerprint density at radius 3 is 3.05 bits per heavy atom. The normalized spacial score (nSPS) is 11.1. The monoisotopic (exact) mass is 280 g/mol. The number of aromatic nitrogens is 1. The van der Waals surface area contributed by atoms with Crippen molar-refractivity contribution in [3.63, 3.8) is 0 Å². The molecule has 0 aromatic carbocycles. The number of rotatable bonds is 8. The van der Waals surface area contributed by atoms with E-state index in [1.54, 1.807) is 24.7 Å². The molecule has 0 aliphatic rings. The average Bonchev–Trinajstić information content (AvgIpc) is 3.04. The number of methoxy groups -OCH3 is 1. The standard InChI is InChI=1S/C14H20N2O2S/c1-3-5-11-13(10-15-7-9-17-2)19-14(16-11)12-6-4-8-18-12/h4,6,8,15H,3,5,7,9-10H2,1-2H3. The topological polar surface area (TPSA) is 47.3 Å². The summed E-state index contributed by atoms with van der Waals surface area (Å²) in [5.74, 6) is 0.852. The van der Waals surface area contributed by atoms with E-state index in [9.17, 15) is 0 Å². The lowest BCUT2D eigenvalue weighted by atomic mass is 10.2. The summed E-state index contributed by atoms with van der Waals surface area (Å²) in [6.07, 6.45) is 3.80. The highest BCUT2D eigenvalue weighted by atomic mass is 32.1. The smallest absolute Gasteiger partial charge is 0.162 e. The zero-order valence-electron chi connectivity index (χ0n) is 11.4. The van der Waals surface area contributed by atoms with Crippen molar-refractivity contribution < 1.29 is 9.15 Å². The SMILES string of the molecule is CCCc1nc(-c2ccco2)sc1CNCCOC. The summed E-state index contributed by atoms with van der Waals surface area (Å²) < 4.78 is 10.4. The molecule has 5 heteroatoms. The second kappa shape index (κ2) is 7.43. The fourth-order valence-corrected chi connectivity index (χ4v) is 2.88. The quantitative estimate of drug-likeness (QED) is 0.755. The first-order valence-electron chi connectivity index (χ1n) is 6.57. The van der Waals surface area contributed by atoms with Gasteiger partial charge in [0.1, 0.15) is 0 Å². The predicted molar refractivity (Wildman–Crippen MR) is 77.4 cm³/mol. The van der Waals surface area contributed by atoms with Gasteiger partial charge >= 0.3 is 0 Å². The molecule has 0 fully saturated rings. The van der Waals surface area contributed by atoms with Crippen molar-refractivity contribution in [1.29, 1.82) is 0 Å². The van der Waals surface area contributed by atoms with Crippen molar-refractivity contribution >= 4 is 11.3 Å². The van der Waals surface area contributed by atoms with Gasteiger partial charge in [0.05, 0.1) is 18.6 Å². The summed E-state index contributed by atoms with van der Waals surface area (Å²) in [6, 6.07) is 3.85. The third kappa shape index (κ3) is 3.89. The van der Waals surface area contributed by atoms with Crippen LogP contribution < -0.4 is 5.32 Å². The summed E-state index contributed by atoms with van der Waals surface area (Å²) in [6.45, 7) is 4.61. The molecule has 0 saturated carbocycles. The van der Waals surface area contributed by atoms with E-state index in [2.05, 4.69) is 12.2 Å². The second-order valence-corrected chi connectivity index (χ2v) is 5.37. The molecule has 0 spiro atoms. The summed E-state index contributed by atoms with van der Waals surface area (Å²) >= 11 is 1.71. The van der Waals surface area contributed by atoms with Gasteiger partial charge in [-0.05, 0) is 18.6 Å². The molecule has 1 N–H and O–H groups in total. The highest BCUT2D eigenvalue weighted by Crippen LogP contribution is 2.29. The van der Waals surface area contributed by atoms with Gasteiger partial charge in [-0.1, -0.05) is 13.3 Å². The number of hydrogen-bond donors (Lipinski definition) is 1. The van der Waals surface area contributed by atoms with Gasteiger partial charge < -0.3 is 14.5 Å². The van der Waals surface area contributed by atoms with Crippen molar-refractivity contribution in [3.05, 3.63) is 29.0 Å². The van der Waals surface area contributed by atoms with Crippen molar-refractivity contribution in [3.8, 4) is 10.8 Å². The molecular formula is C14H20N2O2S. The Bertz CT molecular complexity index is 480. The van der Waals surface area contributed by atoms with E-state index >= 15 is 0 Å². The molecule has 2 aromatic rings. The molecule has 2 heterocycles. The Morgan fingerprint density at radius 2 is 2.37 bits per heavy atom. The van der Waals surface area contributed by atoms with Crippen LogP contribution in [0.4, 0.5) is 0 Å². The van der Waals surface area contributed by atoms with Crippen LogP contribution in [0.3, 0.4) is 0 Å². The third-order valence-corrected chi connectivity index (χ3v) is 3.88. The van der Waals surface area contributed by atoms with Gasteiger partial charge in [-0.3, -0.25) is 0 Å². The van der Waals surface area contributed by atoms with E-state index in [1.807, 2.05) is 12.1 Å². The van der Waals surface area contributed by atoms with Crippen LogP contribution in [0.2, 0.25) is 0 Å². The van der Waals surface area contributed by atoms with E-state index in [-0.39, 0.29) is 0 Å². The molecule has 0 unspecified atom stereocenters. The number of hydrogen-bond acceptors (Lipinski definition) is 5. The maximum absolute atomic E-state index is 5.42. The maximum atomic E-state index is 5.42. The second-order valence-electron chi connectivity index (χ2n) is 4.29. The van der Waals surface area contributed by atoms with Crippen LogP contribution >= 0.6 is 11.3 Å². The molecule has 2 rings (SSSR count). The molecular weight excluding hydrogens is 260 g/mol. The van der Waals surface area contributed by atoms with Crippen LogP contribution in [0, 0.1) is 0 Å². The molecule has 0 bridgehead atoms. The lowest BCUT2D eigenvalue weighted by Gasteiger charge is -2.03. The molecule has 19 heavy (non-hydrogen) atoms. The highest BCUT2D eigenvalue weighted by Gasteiger charge is 2.13. The van der Waals surface area contributed by atoms with Gasteiger partial charge in [-0.15, -0.1) is 11.3 Å². The number of nitrogens with zero attached hydrogens (tertiary/aromatic N) is 1. The number of aryl methyl sites for hydroxylation is 1. The summed E-state index contributed by atoms with van der Waals surface area (Å²) in [7, 11) is 1.71. The Hall–Kier alpha value is -1.17. The molecule has 0 atom stereocenters. The molecule has 104 valence electrons. The summed E-state index contributed by atoms with van der Waals surface area (Å²) in [5, 5.41) is 4.34. The molecule has 0 amide bonds. The highest BCUT2D eigenvalue weighted by molar-refractivity contribution is 7.15. The Balaban J connectivity index is 2.07. The largest absolute Gasteiger partial charge is 0.462 e. The van der Waals surface area contributed by atoms with Gasteiger partial charge in [0, 0.05) is 25.1 Å². The van der Waals surface area contributed by atoms with E-state index in [0.717, 1.165) is 43.3 Å². The van der Waals surface area contributed by atoms with Crippen molar-refractivity contribution in [2.24, 2.45) is 0 Å². The lowest BCUT2D eigenvalue weighted by molar-refractivity contribution is 0.199. The molecule has 0 radical (unpaired) electrons. The Kier molecular flexibility index (Phi) is 5.57. The van der Waals surface area contributed by atoms with E-state index in [0.29, 0.717) is 0 Å². The summed E-state index contributed by atoms with van der Waals surface area (Å²) in [4.78, 5) is 5.99. The number of ether oxygens (including phenoxy) is 1. The van der Waals surface area contributed by atoms with Gasteiger partial charge in [0.2, 0.25) is 0 Å². The first kappa shape index (κ1) is 14.2. The number of thiazole rings is 1. The maximum Gasteiger partial charge on any atom is 0.162 e. The van der Waals surface area contributed by atoms with Gasteiger partial charge in [0.25, 0.3) is 0 Å². The van der Waals surface area contributed by atoms with Crippen LogP contribution in [0.1, 0.15) is 23.9 Å². The molecule has 0 aliphatic heterocycles. The van der Waals surface area contributed by atoms with Crippen LogP contribution in [0.25, 0.3) is 10.8 Å². The third-order valence-electron chi connectivity index (χ3n) is 2.77. The molecule has 0 saturated heterocycles. The van der Waals surface area contributed by atoms with Crippen LogP contribution in [-0.4, -0.2) is 25.2 Å². The molecule has 2 aromatic heterocycles. The minimum Gasteiger partial charge on any atom is -0.462 e. The van der Waals surface area contributed by atoms with Crippen molar-refractivity contribution in [1.82, 2.24) is 10.3 Å². The first-order valence-corrected chi connectivity index (χ1v) is 7.39.